The number of thiophene rings is 1. The maximum Gasteiger partial charge on any atom is 0.240 e. The van der Waals surface area contributed by atoms with Crippen LogP contribution in [0.2, 0.25) is 0 Å². The minimum Gasteiger partial charge on any atom is -0.380 e. The lowest BCUT2D eigenvalue weighted by Crippen LogP contribution is -2.18. The van der Waals surface area contributed by atoms with E-state index in [1.165, 1.54) is 17.5 Å². The van der Waals surface area contributed by atoms with Crippen LogP contribution in [0.1, 0.15) is 16.0 Å². The zero-order chi connectivity index (χ0) is 14.8. The van der Waals surface area contributed by atoms with Gasteiger partial charge in [-0.3, -0.25) is 0 Å². The molecule has 1 heterocycles. The molecule has 0 radical (unpaired) electrons. The van der Waals surface area contributed by atoms with Gasteiger partial charge in [0.15, 0.2) is 0 Å². The van der Waals surface area contributed by atoms with Gasteiger partial charge >= 0.3 is 0 Å². The second-order valence-corrected chi connectivity index (χ2v) is 7.45. The Labute approximate surface area is 123 Å². The molecule has 0 amide bonds. The topological polar surface area (TPSA) is 58.2 Å². The smallest absolute Gasteiger partial charge is 0.240 e. The highest BCUT2D eigenvalue weighted by molar-refractivity contribution is 7.89. The Balaban J connectivity index is 2.24. The standard InChI is InChI=1S/C14H18N2O2S2/c1-10-4-5-12(20(17,18)15-3)8-13(10)16-9-14-11(2)6-7-19-14/h4-8,15-16H,9H2,1-3H3. The number of benzene rings is 1. The van der Waals surface area contributed by atoms with Crippen LogP contribution < -0.4 is 10.0 Å². The fourth-order valence-corrected chi connectivity index (χ4v) is 3.44. The molecular formula is C14H18N2O2S2. The highest BCUT2D eigenvalue weighted by Gasteiger charge is 2.13. The molecule has 20 heavy (non-hydrogen) atoms. The van der Waals surface area contributed by atoms with E-state index in [1.54, 1.807) is 23.5 Å². The Morgan fingerprint density at radius 2 is 1.90 bits per heavy atom. The van der Waals surface area contributed by atoms with Crippen LogP contribution in [0.15, 0.2) is 34.5 Å². The normalized spacial score (nSPS) is 11.6. The summed E-state index contributed by atoms with van der Waals surface area (Å²) in [5.41, 5.74) is 3.11. The number of rotatable bonds is 5. The summed E-state index contributed by atoms with van der Waals surface area (Å²) in [5, 5.41) is 5.37. The average Bonchev–Trinajstić information content (AvgIpc) is 2.83. The predicted octanol–water partition coefficient (Wildman–Crippen LogP) is 2.89. The van der Waals surface area contributed by atoms with E-state index < -0.39 is 10.0 Å². The molecular weight excluding hydrogens is 292 g/mol. The number of hydrogen-bond donors (Lipinski definition) is 2. The van der Waals surface area contributed by atoms with Crippen LogP contribution in [0.25, 0.3) is 0 Å². The van der Waals surface area contributed by atoms with E-state index in [2.05, 4.69) is 28.4 Å². The molecule has 2 N–H and O–H groups in total. The van der Waals surface area contributed by atoms with Crippen molar-refractivity contribution in [1.82, 2.24) is 4.72 Å². The van der Waals surface area contributed by atoms with Gasteiger partial charge in [0.2, 0.25) is 10.0 Å². The van der Waals surface area contributed by atoms with Gasteiger partial charge in [-0.05, 0) is 55.6 Å². The molecule has 1 aromatic heterocycles. The zero-order valence-corrected chi connectivity index (χ0v) is 13.4. The average molecular weight is 310 g/mol. The molecule has 1 aromatic carbocycles. The van der Waals surface area contributed by atoms with Gasteiger partial charge in [0.05, 0.1) is 4.90 Å². The van der Waals surface area contributed by atoms with Crippen LogP contribution in [0.4, 0.5) is 5.69 Å². The van der Waals surface area contributed by atoms with E-state index in [9.17, 15) is 8.42 Å². The summed E-state index contributed by atoms with van der Waals surface area (Å²) in [6.07, 6.45) is 0. The summed E-state index contributed by atoms with van der Waals surface area (Å²) in [7, 11) is -1.99. The SMILES string of the molecule is CNS(=O)(=O)c1ccc(C)c(NCc2sccc2C)c1. The Morgan fingerprint density at radius 3 is 2.50 bits per heavy atom. The Morgan fingerprint density at radius 1 is 1.15 bits per heavy atom. The van der Waals surface area contributed by atoms with Crippen molar-refractivity contribution in [3.8, 4) is 0 Å². The maximum absolute atomic E-state index is 11.8. The van der Waals surface area contributed by atoms with Crippen molar-refractivity contribution < 1.29 is 8.42 Å². The van der Waals surface area contributed by atoms with E-state index >= 15 is 0 Å². The quantitative estimate of drug-likeness (QED) is 0.893. The predicted molar refractivity (Wildman–Crippen MR) is 83.8 cm³/mol. The highest BCUT2D eigenvalue weighted by atomic mass is 32.2. The van der Waals surface area contributed by atoms with Gasteiger partial charge in [-0.2, -0.15) is 0 Å². The third kappa shape index (κ3) is 3.20. The van der Waals surface area contributed by atoms with E-state index in [4.69, 9.17) is 0 Å². The number of hydrogen-bond acceptors (Lipinski definition) is 4. The van der Waals surface area contributed by atoms with E-state index in [0.717, 1.165) is 11.3 Å². The van der Waals surface area contributed by atoms with Gasteiger partial charge in [-0.1, -0.05) is 6.07 Å². The van der Waals surface area contributed by atoms with Crippen molar-refractivity contribution in [2.75, 3.05) is 12.4 Å². The molecule has 0 fully saturated rings. The molecule has 0 unspecified atom stereocenters. The van der Waals surface area contributed by atoms with E-state index in [0.29, 0.717) is 6.54 Å². The lowest BCUT2D eigenvalue weighted by Gasteiger charge is -2.11. The molecule has 0 atom stereocenters. The molecule has 2 rings (SSSR count). The molecule has 0 saturated carbocycles. The van der Waals surface area contributed by atoms with E-state index in [-0.39, 0.29) is 4.90 Å². The van der Waals surface area contributed by atoms with Gasteiger partial charge in [-0.25, -0.2) is 13.1 Å². The molecule has 0 bridgehead atoms. The number of aryl methyl sites for hydroxylation is 2. The zero-order valence-electron chi connectivity index (χ0n) is 11.7. The van der Waals surface area contributed by atoms with Gasteiger partial charge in [0.25, 0.3) is 0 Å². The van der Waals surface area contributed by atoms with Crippen LogP contribution in [0, 0.1) is 13.8 Å². The first-order chi connectivity index (χ1) is 9.44. The summed E-state index contributed by atoms with van der Waals surface area (Å²) >= 11 is 1.70. The molecule has 6 heteroatoms. The first-order valence-corrected chi connectivity index (χ1v) is 8.61. The van der Waals surface area contributed by atoms with Crippen molar-refractivity contribution in [3.63, 3.8) is 0 Å². The number of anilines is 1. The first kappa shape index (κ1) is 15.0. The molecule has 0 aliphatic rings. The number of nitrogens with one attached hydrogen (secondary N) is 2. The molecule has 0 saturated heterocycles. The lowest BCUT2D eigenvalue weighted by molar-refractivity contribution is 0.588. The molecule has 0 spiro atoms. The second kappa shape index (κ2) is 5.95. The summed E-state index contributed by atoms with van der Waals surface area (Å²) < 4.78 is 26.0. The summed E-state index contributed by atoms with van der Waals surface area (Å²) in [5.74, 6) is 0. The minimum absolute atomic E-state index is 0.274. The van der Waals surface area contributed by atoms with Crippen LogP contribution in [0.3, 0.4) is 0 Å². The second-order valence-electron chi connectivity index (χ2n) is 4.56. The van der Waals surface area contributed by atoms with Crippen LogP contribution in [-0.4, -0.2) is 15.5 Å². The maximum atomic E-state index is 11.8. The molecule has 2 aromatic rings. The van der Waals surface area contributed by atoms with Gasteiger partial charge in [0, 0.05) is 17.1 Å². The van der Waals surface area contributed by atoms with Crippen molar-refractivity contribution >= 4 is 27.0 Å². The first-order valence-electron chi connectivity index (χ1n) is 6.25. The van der Waals surface area contributed by atoms with Crippen molar-refractivity contribution in [3.05, 3.63) is 45.6 Å². The number of sulfonamides is 1. The largest absolute Gasteiger partial charge is 0.380 e. The van der Waals surface area contributed by atoms with Gasteiger partial charge < -0.3 is 5.32 Å². The Hall–Kier alpha value is -1.37. The summed E-state index contributed by atoms with van der Waals surface area (Å²) in [4.78, 5) is 1.53. The van der Waals surface area contributed by atoms with Gasteiger partial charge in [0.1, 0.15) is 0 Å². The summed E-state index contributed by atoms with van der Waals surface area (Å²) in [6.45, 7) is 4.73. The van der Waals surface area contributed by atoms with Crippen LogP contribution in [0.5, 0.6) is 0 Å². The van der Waals surface area contributed by atoms with Crippen LogP contribution >= 0.6 is 11.3 Å². The van der Waals surface area contributed by atoms with Crippen molar-refractivity contribution in [1.29, 1.82) is 0 Å². The van der Waals surface area contributed by atoms with Gasteiger partial charge in [-0.15, -0.1) is 11.3 Å². The third-order valence-corrected chi connectivity index (χ3v) is 5.63. The van der Waals surface area contributed by atoms with Crippen LogP contribution in [-0.2, 0) is 16.6 Å². The Kier molecular flexibility index (Phi) is 4.47. The molecule has 4 nitrogen and oxygen atoms in total. The molecule has 108 valence electrons. The lowest BCUT2D eigenvalue weighted by atomic mass is 10.2. The van der Waals surface area contributed by atoms with E-state index in [1.807, 2.05) is 13.0 Å². The minimum atomic E-state index is -3.41. The fraction of sp³-hybridized carbons (Fsp3) is 0.286. The third-order valence-electron chi connectivity index (χ3n) is 3.20. The van der Waals surface area contributed by atoms with Crippen molar-refractivity contribution in [2.45, 2.75) is 25.3 Å². The molecule has 0 aliphatic heterocycles. The fourth-order valence-electron chi connectivity index (χ4n) is 1.84. The summed E-state index contributed by atoms with van der Waals surface area (Å²) in [6, 6.07) is 7.18. The monoisotopic (exact) mass is 310 g/mol. The highest BCUT2D eigenvalue weighted by Crippen LogP contribution is 2.22. The van der Waals surface area contributed by atoms with Crippen molar-refractivity contribution in [2.24, 2.45) is 0 Å². The Bertz CT molecular complexity index is 706. The molecule has 0 aliphatic carbocycles.